The number of hydrogen-bond donors (Lipinski definition) is 2. The molecule has 0 aliphatic heterocycles. The van der Waals surface area contributed by atoms with Crippen molar-refractivity contribution >= 4 is 35.0 Å². The van der Waals surface area contributed by atoms with Gasteiger partial charge >= 0.3 is 5.97 Å². The van der Waals surface area contributed by atoms with Crippen LogP contribution in [0.25, 0.3) is 0 Å². The number of carboxylic acids is 1. The van der Waals surface area contributed by atoms with E-state index in [1.54, 1.807) is 41.0 Å². The normalized spacial score (nSPS) is 11.0. The van der Waals surface area contributed by atoms with Crippen molar-refractivity contribution < 1.29 is 24.5 Å². The Morgan fingerprint density at radius 1 is 1.09 bits per heavy atom. The molecule has 0 radical (unpaired) electrons. The molecule has 0 saturated carbocycles. The van der Waals surface area contributed by atoms with Crippen LogP contribution in [0.1, 0.15) is 52.4 Å². The van der Waals surface area contributed by atoms with Crippen LogP contribution in [-0.2, 0) is 13.0 Å². The average Bonchev–Trinajstić information content (AvgIpc) is 3.12. The number of ketones is 1. The van der Waals surface area contributed by atoms with Gasteiger partial charge in [-0.05, 0) is 79.8 Å². The maximum absolute atomic E-state index is 13.2. The molecule has 0 aliphatic carbocycles. The van der Waals surface area contributed by atoms with Gasteiger partial charge in [-0.2, -0.15) is 0 Å². The maximum Gasteiger partial charge on any atom is 0.335 e. The molecule has 2 N–H and O–H groups in total. The second-order valence-electron chi connectivity index (χ2n) is 8.27. The molecular formula is C26H24Cl2N2O5. The van der Waals surface area contributed by atoms with E-state index in [0.29, 0.717) is 17.2 Å². The molecule has 9 heteroatoms. The predicted molar refractivity (Wildman–Crippen MR) is 133 cm³/mol. The van der Waals surface area contributed by atoms with Gasteiger partial charge in [-0.25, -0.2) is 9.78 Å². The van der Waals surface area contributed by atoms with Crippen molar-refractivity contribution in [3.63, 3.8) is 0 Å². The number of aromatic carboxylic acids is 1. The van der Waals surface area contributed by atoms with E-state index < -0.39 is 11.6 Å². The third-order valence-corrected chi connectivity index (χ3v) is 5.45. The lowest BCUT2D eigenvalue weighted by Crippen LogP contribution is -2.17. The molecule has 0 fully saturated rings. The van der Waals surface area contributed by atoms with Crippen LogP contribution < -0.4 is 4.74 Å². The van der Waals surface area contributed by atoms with Gasteiger partial charge in [0.2, 0.25) is 5.28 Å². The van der Waals surface area contributed by atoms with Crippen LogP contribution in [0.15, 0.2) is 48.5 Å². The van der Waals surface area contributed by atoms with E-state index in [-0.39, 0.29) is 47.6 Å². The first-order chi connectivity index (χ1) is 16.5. The maximum atomic E-state index is 13.2. The van der Waals surface area contributed by atoms with Gasteiger partial charge in [0.15, 0.2) is 5.78 Å². The molecule has 0 saturated heterocycles. The predicted octanol–water partition coefficient (Wildman–Crippen LogP) is 4.91. The average molecular weight is 515 g/mol. The number of benzene rings is 2. The number of hydrogen-bond acceptors (Lipinski definition) is 5. The fraction of sp³-hybridized carbons (Fsp3) is 0.269. The summed E-state index contributed by atoms with van der Waals surface area (Å²) in [5.74, 6) is 4.81. The Balaban J connectivity index is 1.80. The fourth-order valence-electron chi connectivity index (χ4n) is 3.19. The van der Waals surface area contributed by atoms with Crippen molar-refractivity contribution in [3.8, 4) is 17.6 Å². The van der Waals surface area contributed by atoms with Crippen LogP contribution in [-0.4, -0.2) is 43.7 Å². The van der Waals surface area contributed by atoms with Crippen LogP contribution in [0.5, 0.6) is 5.75 Å². The van der Waals surface area contributed by atoms with Gasteiger partial charge in [0, 0.05) is 11.4 Å². The third kappa shape index (κ3) is 7.59. The van der Waals surface area contributed by atoms with Crippen LogP contribution in [0.4, 0.5) is 0 Å². The second kappa shape index (κ2) is 11.4. The number of imidazole rings is 1. The smallest absolute Gasteiger partial charge is 0.335 e. The molecule has 3 aromatic rings. The Kier molecular flexibility index (Phi) is 8.57. The zero-order valence-corrected chi connectivity index (χ0v) is 20.7. The van der Waals surface area contributed by atoms with E-state index in [1.165, 1.54) is 26.0 Å². The summed E-state index contributed by atoms with van der Waals surface area (Å²) >= 11 is 12.3. The van der Waals surface area contributed by atoms with Crippen LogP contribution >= 0.6 is 23.2 Å². The van der Waals surface area contributed by atoms with Gasteiger partial charge in [-0.15, -0.1) is 0 Å². The Morgan fingerprint density at radius 2 is 1.74 bits per heavy atom. The van der Waals surface area contributed by atoms with Crippen molar-refractivity contribution in [1.29, 1.82) is 0 Å². The molecule has 0 bridgehead atoms. The summed E-state index contributed by atoms with van der Waals surface area (Å²) in [5, 5.41) is 19.7. The van der Waals surface area contributed by atoms with Crippen LogP contribution in [0.2, 0.25) is 10.3 Å². The number of carboxylic acid groups (broad SMARTS) is 1. The first kappa shape index (κ1) is 26.3. The molecule has 3 rings (SSSR count). The fourth-order valence-corrected chi connectivity index (χ4v) is 3.57. The largest absolute Gasteiger partial charge is 0.492 e. The minimum atomic E-state index is -1.28. The summed E-state index contributed by atoms with van der Waals surface area (Å²) in [6.07, 6.45) is 0.519. The standard InChI is InChI=1S/C26H24Cl2N2O5/c1-26(2,34)14-13-21-23(22(31)12-5-17-3-6-18(7-4-17)24(32)33)30(25(28)29-21)15-16-35-20-10-8-19(27)9-11-20/h3-4,6-11,34H,5,12,15-16H2,1-2H3,(H,32,33). The molecule has 2 aromatic carbocycles. The molecule has 0 unspecified atom stereocenters. The molecule has 7 nitrogen and oxygen atoms in total. The quantitative estimate of drug-likeness (QED) is 0.311. The molecular weight excluding hydrogens is 491 g/mol. The number of carbonyl (C=O) groups excluding carboxylic acids is 1. The van der Waals surface area contributed by atoms with Crippen LogP contribution in [0, 0.1) is 11.8 Å². The highest BCUT2D eigenvalue weighted by Crippen LogP contribution is 2.21. The minimum Gasteiger partial charge on any atom is -0.492 e. The van der Waals surface area contributed by atoms with Crippen molar-refractivity contribution in [1.82, 2.24) is 9.55 Å². The summed E-state index contributed by atoms with van der Waals surface area (Å²) in [6.45, 7) is 3.52. The lowest BCUT2D eigenvalue weighted by Gasteiger charge is -2.11. The Hall–Kier alpha value is -3.31. The lowest BCUT2D eigenvalue weighted by atomic mass is 10.0. The van der Waals surface area contributed by atoms with Crippen molar-refractivity contribution in [2.24, 2.45) is 0 Å². The van der Waals surface area contributed by atoms with Gasteiger partial charge < -0.3 is 19.5 Å². The number of aryl methyl sites for hydroxylation is 1. The second-order valence-corrected chi connectivity index (χ2v) is 9.04. The number of rotatable bonds is 9. The minimum absolute atomic E-state index is 0.0823. The molecule has 35 heavy (non-hydrogen) atoms. The number of aliphatic hydroxyl groups is 1. The van der Waals surface area contributed by atoms with Gasteiger partial charge in [-0.3, -0.25) is 4.79 Å². The summed E-state index contributed by atoms with van der Waals surface area (Å²) in [5.41, 5.74) is 0.120. The molecule has 1 heterocycles. The highest BCUT2D eigenvalue weighted by Gasteiger charge is 2.22. The van der Waals surface area contributed by atoms with E-state index in [2.05, 4.69) is 16.8 Å². The van der Waals surface area contributed by atoms with E-state index in [4.69, 9.17) is 33.0 Å². The van der Waals surface area contributed by atoms with Crippen LogP contribution in [0.3, 0.4) is 0 Å². The number of Topliss-reactive ketones (excluding diaryl/α,β-unsaturated/α-hetero) is 1. The van der Waals surface area contributed by atoms with Crippen molar-refractivity contribution in [2.75, 3.05) is 6.61 Å². The highest BCUT2D eigenvalue weighted by molar-refractivity contribution is 6.30. The Morgan fingerprint density at radius 3 is 2.34 bits per heavy atom. The zero-order valence-electron chi connectivity index (χ0n) is 19.2. The lowest BCUT2D eigenvalue weighted by molar-refractivity contribution is 0.0696. The number of carbonyl (C=O) groups is 2. The van der Waals surface area contributed by atoms with Crippen molar-refractivity contribution in [2.45, 2.75) is 38.8 Å². The SMILES string of the molecule is CC(C)(O)C#Cc1nc(Cl)n(CCOc2ccc(Cl)cc2)c1C(=O)CCc1ccc(C(=O)O)cc1. The highest BCUT2D eigenvalue weighted by atomic mass is 35.5. The van der Waals surface area contributed by atoms with Crippen molar-refractivity contribution in [3.05, 3.63) is 81.4 Å². The Bertz CT molecular complexity index is 1260. The molecule has 0 spiro atoms. The molecule has 182 valence electrons. The van der Waals surface area contributed by atoms with E-state index >= 15 is 0 Å². The number of ether oxygens (including phenoxy) is 1. The van der Waals surface area contributed by atoms with Gasteiger partial charge in [-0.1, -0.05) is 29.7 Å². The van der Waals surface area contributed by atoms with E-state index in [9.17, 15) is 14.7 Å². The summed E-state index contributed by atoms with van der Waals surface area (Å²) in [4.78, 5) is 28.5. The summed E-state index contributed by atoms with van der Waals surface area (Å²) in [6, 6.07) is 13.2. The summed E-state index contributed by atoms with van der Waals surface area (Å²) in [7, 11) is 0. The first-order valence-corrected chi connectivity index (χ1v) is 11.5. The van der Waals surface area contributed by atoms with Gasteiger partial charge in [0.25, 0.3) is 0 Å². The third-order valence-electron chi connectivity index (χ3n) is 4.91. The molecule has 0 amide bonds. The zero-order chi connectivity index (χ0) is 25.6. The topological polar surface area (TPSA) is 102 Å². The summed E-state index contributed by atoms with van der Waals surface area (Å²) < 4.78 is 7.28. The Labute approximate surface area is 213 Å². The molecule has 1 aromatic heterocycles. The molecule has 0 atom stereocenters. The van der Waals surface area contributed by atoms with E-state index in [0.717, 1.165) is 5.56 Å². The van der Waals surface area contributed by atoms with E-state index in [1.807, 2.05) is 0 Å². The molecule has 0 aliphatic rings. The monoisotopic (exact) mass is 514 g/mol. The first-order valence-electron chi connectivity index (χ1n) is 10.8. The van der Waals surface area contributed by atoms with Gasteiger partial charge in [0.1, 0.15) is 29.3 Å². The number of halogens is 2. The number of aromatic nitrogens is 2. The van der Waals surface area contributed by atoms with Gasteiger partial charge in [0.05, 0.1) is 12.1 Å². The number of nitrogens with zero attached hydrogens (tertiary/aromatic N) is 2.